The third-order valence-corrected chi connectivity index (χ3v) is 4.87. The van der Waals surface area contributed by atoms with Gasteiger partial charge in [-0.3, -0.25) is 4.79 Å². The molecule has 1 aromatic heterocycles. The number of aromatic nitrogens is 2. The van der Waals surface area contributed by atoms with Crippen molar-refractivity contribution in [2.24, 2.45) is 0 Å². The highest BCUT2D eigenvalue weighted by Gasteiger charge is 2.27. The number of amides is 1. The number of methoxy groups -OCH3 is 1. The first-order valence-electron chi connectivity index (χ1n) is 8.50. The van der Waals surface area contributed by atoms with E-state index in [0.29, 0.717) is 48.2 Å². The van der Waals surface area contributed by atoms with Crippen LogP contribution in [-0.4, -0.2) is 60.2 Å². The van der Waals surface area contributed by atoms with Gasteiger partial charge in [0.1, 0.15) is 11.6 Å². The first-order valence-corrected chi connectivity index (χ1v) is 9.29. The molecule has 144 valence electrons. The lowest BCUT2D eigenvalue weighted by molar-refractivity contribution is -0.138. The fraction of sp³-hybridized carbons (Fsp3) is 0.389. The molecule has 1 aromatic carbocycles. The Morgan fingerprint density at radius 1 is 1.26 bits per heavy atom. The molecule has 0 spiro atoms. The largest absolute Gasteiger partial charge is 0.481 e. The highest BCUT2D eigenvalue weighted by Crippen LogP contribution is 2.26. The van der Waals surface area contributed by atoms with Crippen LogP contribution in [0.4, 0.5) is 10.3 Å². The van der Waals surface area contributed by atoms with Gasteiger partial charge in [0.25, 0.3) is 5.91 Å². The molecule has 9 heteroatoms. The van der Waals surface area contributed by atoms with Crippen LogP contribution in [-0.2, 0) is 4.79 Å². The van der Waals surface area contributed by atoms with E-state index in [-0.39, 0.29) is 11.7 Å². The molecule has 2 aromatic rings. The summed E-state index contributed by atoms with van der Waals surface area (Å²) in [6.07, 6.45) is 0.973. The van der Waals surface area contributed by atoms with Gasteiger partial charge >= 0.3 is 0 Å². The van der Waals surface area contributed by atoms with Gasteiger partial charge in [-0.2, -0.15) is 4.98 Å². The summed E-state index contributed by atoms with van der Waals surface area (Å²) >= 11 is 3.25. The summed E-state index contributed by atoms with van der Waals surface area (Å²) in [6, 6.07) is 5.79. The van der Waals surface area contributed by atoms with Crippen LogP contribution in [0.3, 0.4) is 0 Å². The predicted molar refractivity (Wildman–Crippen MR) is 102 cm³/mol. The average Bonchev–Trinajstić information content (AvgIpc) is 2.69. The number of hydrogen-bond donors (Lipinski definition) is 0. The molecule has 0 saturated carbocycles. The number of ether oxygens (including phenoxy) is 2. The maximum atomic E-state index is 13.2. The number of nitrogens with zero attached hydrogens (tertiary/aromatic N) is 4. The summed E-state index contributed by atoms with van der Waals surface area (Å²) in [7, 11) is 1.56. The number of hydrogen-bond acceptors (Lipinski definition) is 6. The third-order valence-electron chi connectivity index (χ3n) is 4.25. The SMILES string of the molecule is COc1ccnc(N2CCN(C(=O)C(C)Oc3ccc(F)cc3Br)CC2)n1. The number of carbonyl (C=O) groups excluding carboxylic acids is 1. The highest BCUT2D eigenvalue weighted by molar-refractivity contribution is 9.10. The lowest BCUT2D eigenvalue weighted by atomic mass is 10.2. The lowest BCUT2D eigenvalue weighted by Gasteiger charge is -2.35. The van der Waals surface area contributed by atoms with E-state index in [2.05, 4.69) is 25.9 Å². The predicted octanol–water partition coefficient (Wildman–Crippen LogP) is 2.50. The van der Waals surface area contributed by atoms with Crippen LogP contribution < -0.4 is 14.4 Å². The maximum absolute atomic E-state index is 13.2. The van der Waals surface area contributed by atoms with E-state index >= 15 is 0 Å². The minimum atomic E-state index is -0.675. The van der Waals surface area contributed by atoms with Crippen LogP contribution in [0.25, 0.3) is 0 Å². The number of carbonyl (C=O) groups is 1. The van der Waals surface area contributed by atoms with E-state index in [1.807, 2.05) is 4.90 Å². The van der Waals surface area contributed by atoms with E-state index in [1.165, 1.54) is 18.2 Å². The molecular weight excluding hydrogens is 419 g/mol. The summed E-state index contributed by atoms with van der Waals surface area (Å²) < 4.78 is 24.5. The molecule has 1 saturated heterocycles. The Morgan fingerprint density at radius 2 is 2.00 bits per heavy atom. The second-order valence-corrected chi connectivity index (χ2v) is 6.90. The molecule has 0 N–H and O–H groups in total. The van der Waals surface area contributed by atoms with E-state index in [1.54, 1.807) is 31.2 Å². The minimum absolute atomic E-state index is 0.113. The van der Waals surface area contributed by atoms with Gasteiger partial charge < -0.3 is 19.3 Å². The normalized spacial score (nSPS) is 15.4. The van der Waals surface area contributed by atoms with Gasteiger partial charge in [-0.15, -0.1) is 0 Å². The molecule has 0 radical (unpaired) electrons. The number of piperazine rings is 1. The van der Waals surface area contributed by atoms with E-state index < -0.39 is 6.10 Å². The number of rotatable bonds is 5. The summed E-state index contributed by atoms with van der Waals surface area (Å²) in [5, 5.41) is 0. The van der Waals surface area contributed by atoms with Crippen molar-refractivity contribution < 1.29 is 18.7 Å². The molecule has 1 atom stereocenters. The Balaban J connectivity index is 1.57. The zero-order valence-electron chi connectivity index (χ0n) is 15.1. The highest BCUT2D eigenvalue weighted by atomic mass is 79.9. The minimum Gasteiger partial charge on any atom is -0.481 e. The van der Waals surface area contributed by atoms with E-state index in [4.69, 9.17) is 9.47 Å². The van der Waals surface area contributed by atoms with Gasteiger partial charge in [-0.05, 0) is 41.1 Å². The molecule has 1 aliphatic heterocycles. The van der Waals surface area contributed by atoms with Crippen molar-refractivity contribution in [1.82, 2.24) is 14.9 Å². The Hall–Kier alpha value is -2.42. The summed E-state index contributed by atoms with van der Waals surface area (Å²) in [6.45, 7) is 4.00. The number of benzene rings is 1. The summed E-state index contributed by atoms with van der Waals surface area (Å²) in [5.41, 5.74) is 0. The Bertz CT molecular complexity index is 815. The second kappa shape index (κ2) is 8.51. The van der Waals surface area contributed by atoms with Crippen molar-refractivity contribution in [3.63, 3.8) is 0 Å². The standard InChI is InChI=1S/C18H20BrFN4O3/c1-12(27-15-4-3-13(20)11-14(15)19)17(25)23-7-9-24(10-8-23)18-21-6-5-16(22-18)26-2/h3-6,11-12H,7-10H2,1-2H3. The molecule has 1 unspecified atom stereocenters. The van der Waals surface area contributed by atoms with Crippen molar-refractivity contribution >= 4 is 27.8 Å². The average molecular weight is 439 g/mol. The molecule has 1 fully saturated rings. The number of anilines is 1. The Kier molecular flexibility index (Phi) is 6.10. The quantitative estimate of drug-likeness (QED) is 0.714. The Morgan fingerprint density at radius 3 is 2.67 bits per heavy atom. The lowest BCUT2D eigenvalue weighted by Crippen LogP contribution is -2.52. The van der Waals surface area contributed by atoms with Gasteiger partial charge in [0.15, 0.2) is 6.10 Å². The van der Waals surface area contributed by atoms with Gasteiger partial charge in [0.2, 0.25) is 11.8 Å². The third kappa shape index (κ3) is 4.65. The number of halogens is 2. The van der Waals surface area contributed by atoms with Gasteiger partial charge in [-0.1, -0.05) is 0 Å². The second-order valence-electron chi connectivity index (χ2n) is 6.05. The molecule has 0 bridgehead atoms. The first-order chi connectivity index (χ1) is 13.0. The van der Waals surface area contributed by atoms with Gasteiger partial charge in [0, 0.05) is 38.4 Å². The van der Waals surface area contributed by atoms with Crippen LogP contribution in [0.5, 0.6) is 11.6 Å². The van der Waals surface area contributed by atoms with Gasteiger partial charge in [-0.25, -0.2) is 9.37 Å². The van der Waals surface area contributed by atoms with Crippen LogP contribution in [0.2, 0.25) is 0 Å². The van der Waals surface area contributed by atoms with Crippen molar-refractivity contribution in [2.75, 3.05) is 38.2 Å². The van der Waals surface area contributed by atoms with Crippen LogP contribution in [0.15, 0.2) is 34.9 Å². The monoisotopic (exact) mass is 438 g/mol. The summed E-state index contributed by atoms with van der Waals surface area (Å²) in [5.74, 6) is 1.04. The fourth-order valence-corrected chi connectivity index (χ4v) is 3.24. The molecule has 1 amide bonds. The van der Waals surface area contributed by atoms with Crippen molar-refractivity contribution in [2.45, 2.75) is 13.0 Å². The molecule has 1 aliphatic rings. The van der Waals surface area contributed by atoms with Gasteiger partial charge in [0.05, 0.1) is 11.6 Å². The summed E-state index contributed by atoms with van der Waals surface area (Å²) in [4.78, 5) is 25.0. The zero-order valence-corrected chi connectivity index (χ0v) is 16.6. The van der Waals surface area contributed by atoms with E-state index in [9.17, 15) is 9.18 Å². The van der Waals surface area contributed by atoms with Crippen LogP contribution in [0.1, 0.15) is 6.92 Å². The van der Waals surface area contributed by atoms with Crippen LogP contribution >= 0.6 is 15.9 Å². The fourth-order valence-electron chi connectivity index (χ4n) is 2.79. The molecular formula is C18H20BrFN4O3. The van der Waals surface area contributed by atoms with Crippen molar-refractivity contribution in [3.8, 4) is 11.6 Å². The topological polar surface area (TPSA) is 67.8 Å². The molecule has 27 heavy (non-hydrogen) atoms. The molecule has 7 nitrogen and oxygen atoms in total. The molecule has 3 rings (SSSR count). The van der Waals surface area contributed by atoms with E-state index in [0.717, 1.165) is 0 Å². The van der Waals surface area contributed by atoms with Crippen LogP contribution in [0, 0.1) is 5.82 Å². The first kappa shape index (κ1) is 19.3. The Labute approximate surface area is 165 Å². The molecule has 0 aliphatic carbocycles. The maximum Gasteiger partial charge on any atom is 0.263 e. The molecule has 2 heterocycles. The zero-order chi connectivity index (χ0) is 19.4. The van der Waals surface area contributed by atoms with Crippen molar-refractivity contribution in [3.05, 3.63) is 40.8 Å². The smallest absolute Gasteiger partial charge is 0.263 e. The van der Waals surface area contributed by atoms with Crippen molar-refractivity contribution in [1.29, 1.82) is 0 Å².